The van der Waals surface area contributed by atoms with Crippen molar-refractivity contribution >= 4 is 29.9 Å². The summed E-state index contributed by atoms with van der Waals surface area (Å²) < 4.78 is 1.82. The Bertz CT molecular complexity index is 548. The quantitative estimate of drug-likeness (QED) is 0.482. The molecule has 1 aromatic heterocycles. The molecule has 3 N–H and O–H groups in total. The zero-order valence-electron chi connectivity index (χ0n) is 11.7. The van der Waals surface area contributed by atoms with Gasteiger partial charge in [-0.3, -0.25) is 0 Å². The van der Waals surface area contributed by atoms with Crippen molar-refractivity contribution in [2.45, 2.75) is 26.4 Å². The van der Waals surface area contributed by atoms with Gasteiger partial charge in [0.05, 0.1) is 12.2 Å². The maximum absolute atomic E-state index is 5.78. The van der Waals surface area contributed by atoms with Gasteiger partial charge in [0.25, 0.3) is 0 Å². The number of nitrogens with one attached hydrogen (secondary N) is 1. The van der Waals surface area contributed by atoms with Crippen molar-refractivity contribution in [3.63, 3.8) is 0 Å². The van der Waals surface area contributed by atoms with E-state index in [1.165, 1.54) is 0 Å². The van der Waals surface area contributed by atoms with Crippen LogP contribution in [0.25, 0.3) is 5.69 Å². The summed E-state index contributed by atoms with van der Waals surface area (Å²) in [5.41, 5.74) is 7.90. The van der Waals surface area contributed by atoms with E-state index in [2.05, 4.69) is 21.5 Å². The van der Waals surface area contributed by atoms with Crippen molar-refractivity contribution in [1.29, 1.82) is 0 Å². The van der Waals surface area contributed by atoms with Gasteiger partial charge in [-0.2, -0.15) is 5.10 Å². The van der Waals surface area contributed by atoms with Crippen LogP contribution >= 0.6 is 24.0 Å². The molecule has 20 heavy (non-hydrogen) atoms. The molecule has 1 aromatic carbocycles. The molecular weight excluding hydrogens is 365 g/mol. The summed E-state index contributed by atoms with van der Waals surface area (Å²) in [6.45, 7) is 4.61. The van der Waals surface area contributed by atoms with Crippen LogP contribution in [0.4, 0.5) is 0 Å². The Morgan fingerprint density at radius 2 is 2.20 bits per heavy atom. The molecule has 1 heterocycles. The smallest absolute Gasteiger partial charge is 0.189 e. The van der Waals surface area contributed by atoms with Crippen molar-refractivity contribution in [3.8, 4) is 5.69 Å². The maximum atomic E-state index is 5.78. The van der Waals surface area contributed by atoms with Crippen molar-refractivity contribution in [1.82, 2.24) is 15.1 Å². The molecule has 5 nitrogen and oxygen atoms in total. The van der Waals surface area contributed by atoms with E-state index in [-0.39, 0.29) is 24.0 Å². The Labute approximate surface area is 136 Å². The van der Waals surface area contributed by atoms with Gasteiger partial charge in [0.1, 0.15) is 0 Å². The van der Waals surface area contributed by atoms with Gasteiger partial charge in [0, 0.05) is 18.4 Å². The molecule has 0 saturated carbocycles. The van der Waals surface area contributed by atoms with E-state index in [9.17, 15) is 0 Å². The third-order valence-corrected chi connectivity index (χ3v) is 2.55. The van der Waals surface area contributed by atoms with Crippen molar-refractivity contribution in [2.24, 2.45) is 10.7 Å². The number of halogens is 1. The van der Waals surface area contributed by atoms with Gasteiger partial charge >= 0.3 is 0 Å². The normalized spacial score (nSPS) is 11.2. The molecule has 0 atom stereocenters. The lowest BCUT2D eigenvalue weighted by atomic mass is 10.2. The largest absolute Gasteiger partial charge is 0.370 e. The van der Waals surface area contributed by atoms with Crippen LogP contribution in [0.5, 0.6) is 0 Å². The third-order valence-electron chi connectivity index (χ3n) is 2.55. The molecule has 2 aromatic rings. The predicted molar refractivity (Wildman–Crippen MR) is 92.6 cm³/mol. The van der Waals surface area contributed by atoms with E-state index >= 15 is 0 Å². The highest BCUT2D eigenvalue weighted by atomic mass is 127. The van der Waals surface area contributed by atoms with E-state index in [4.69, 9.17) is 5.73 Å². The number of aliphatic imine (C=N–C) groups is 1. The molecule has 0 radical (unpaired) electrons. The first-order valence-electron chi connectivity index (χ1n) is 6.30. The van der Waals surface area contributed by atoms with E-state index in [1.54, 1.807) is 6.20 Å². The molecule has 0 fully saturated rings. The Morgan fingerprint density at radius 3 is 2.85 bits per heavy atom. The van der Waals surface area contributed by atoms with E-state index in [0.717, 1.165) is 11.3 Å². The number of nitrogens with two attached hydrogens (primary N) is 1. The summed E-state index contributed by atoms with van der Waals surface area (Å²) in [6.07, 6.45) is 3.67. The maximum Gasteiger partial charge on any atom is 0.189 e. The van der Waals surface area contributed by atoms with Gasteiger partial charge < -0.3 is 11.1 Å². The van der Waals surface area contributed by atoms with Crippen LogP contribution in [0.2, 0.25) is 0 Å². The zero-order valence-corrected chi connectivity index (χ0v) is 14.0. The number of rotatable bonds is 4. The molecule has 108 valence electrons. The van der Waals surface area contributed by atoms with Gasteiger partial charge in [-0.1, -0.05) is 12.1 Å². The van der Waals surface area contributed by atoms with Crippen molar-refractivity contribution in [3.05, 3.63) is 48.3 Å². The molecule has 6 heteroatoms. The van der Waals surface area contributed by atoms with E-state index in [0.29, 0.717) is 18.5 Å². The first-order chi connectivity index (χ1) is 9.15. The second kappa shape index (κ2) is 7.88. The minimum absolute atomic E-state index is 0. The number of benzene rings is 1. The molecule has 2 rings (SSSR count). The summed E-state index contributed by atoms with van der Waals surface area (Å²) >= 11 is 0. The third kappa shape index (κ3) is 4.84. The van der Waals surface area contributed by atoms with Crippen molar-refractivity contribution < 1.29 is 0 Å². The van der Waals surface area contributed by atoms with Crippen LogP contribution in [0.3, 0.4) is 0 Å². The van der Waals surface area contributed by atoms with Crippen molar-refractivity contribution in [2.75, 3.05) is 0 Å². The van der Waals surface area contributed by atoms with Crippen LogP contribution in [-0.4, -0.2) is 21.8 Å². The minimum atomic E-state index is 0. The molecule has 0 saturated heterocycles. The Kier molecular flexibility index (Phi) is 6.50. The monoisotopic (exact) mass is 385 g/mol. The lowest BCUT2D eigenvalue weighted by molar-refractivity contribution is 0.723. The SMILES string of the molecule is CC(C)NC(N)=NCc1cccc(-n2cccn2)c1.I. The summed E-state index contributed by atoms with van der Waals surface area (Å²) in [7, 11) is 0. The number of hydrogen-bond acceptors (Lipinski definition) is 2. The van der Waals surface area contributed by atoms with Gasteiger partial charge in [0.2, 0.25) is 0 Å². The minimum Gasteiger partial charge on any atom is -0.370 e. The molecule has 0 aliphatic rings. The summed E-state index contributed by atoms with van der Waals surface area (Å²) in [6, 6.07) is 10.3. The lowest BCUT2D eigenvalue weighted by Gasteiger charge is -2.08. The molecular formula is C14H20IN5. The fourth-order valence-corrected chi connectivity index (χ4v) is 1.74. The topological polar surface area (TPSA) is 68.2 Å². The number of nitrogens with zero attached hydrogens (tertiary/aromatic N) is 3. The van der Waals surface area contributed by atoms with Gasteiger partial charge in [-0.05, 0) is 37.6 Å². The summed E-state index contributed by atoms with van der Waals surface area (Å²) in [5, 5.41) is 7.27. The number of aromatic nitrogens is 2. The fraction of sp³-hybridized carbons (Fsp3) is 0.286. The van der Waals surface area contributed by atoms with E-state index < -0.39 is 0 Å². The lowest BCUT2D eigenvalue weighted by Crippen LogP contribution is -2.36. The second-order valence-corrected chi connectivity index (χ2v) is 4.62. The summed E-state index contributed by atoms with van der Waals surface area (Å²) in [4.78, 5) is 4.31. The molecule has 0 unspecified atom stereocenters. The average molecular weight is 385 g/mol. The van der Waals surface area contributed by atoms with E-state index in [1.807, 2.05) is 49.0 Å². The highest BCUT2D eigenvalue weighted by molar-refractivity contribution is 14.0. The zero-order chi connectivity index (χ0) is 13.7. The van der Waals surface area contributed by atoms with Gasteiger partial charge in [-0.15, -0.1) is 24.0 Å². The first kappa shape index (κ1) is 16.5. The van der Waals surface area contributed by atoms with Crippen LogP contribution in [0.1, 0.15) is 19.4 Å². The van der Waals surface area contributed by atoms with Crippen LogP contribution in [-0.2, 0) is 6.54 Å². The second-order valence-electron chi connectivity index (χ2n) is 4.62. The Morgan fingerprint density at radius 1 is 1.40 bits per heavy atom. The van der Waals surface area contributed by atoms with Crippen LogP contribution < -0.4 is 11.1 Å². The number of hydrogen-bond donors (Lipinski definition) is 2. The Balaban J connectivity index is 0.00000200. The first-order valence-corrected chi connectivity index (χ1v) is 6.30. The van der Waals surface area contributed by atoms with Crippen LogP contribution in [0.15, 0.2) is 47.7 Å². The average Bonchev–Trinajstić information content (AvgIpc) is 2.90. The number of guanidine groups is 1. The summed E-state index contributed by atoms with van der Waals surface area (Å²) in [5.74, 6) is 0.472. The molecule has 0 aliphatic heterocycles. The van der Waals surface area contributed by atoms with Gasteiger partial charge in [0.15, 0.2) is 5.96 Å². The highest BCUT2D eigenvalue weighted by Gasteiger charge is 1.99. The fourth-order valence-electron chi connectivity index (χ4n) is 1.74. The predicted octanol–water partition coefficient (Wildman–Crippen LogP) is 2.30. The molecule has 0 bridgehead atoms. The molecule has 0 spiro atoms. The van der Waals surface area contributed by atoms with Crippen LogP contribution in [0, 0.1) is 0 Å². The highest BCUT2D eigenvalue weighted by Crippen LogP contribution is 2.10. The van der Waals surface area contributed by atoms with Gasteiger partial charge in [-0.25, -0.2) is 9.67 Å². The molecule has 0 amide bonds. The Hall–Kier alpha value is -1.57. The molecule has 0 aliphatic carbocycles. The standard InChI is InChI=1S/C14H19N5.HI/c1-11(2)18-14(15)16-10-12-5-3-6-13(9-12)19-8-4-7-17-19;/h3-9,11H,10H2,1-2H3,(H3,15,16,18);1H.